The molecule has 0 spiro atoms. The van der Waals surface area contributed by atoms with Crippen LogP contribution in [0.3, 0.4) is 0 Å². The smallest absolute Gasteiger partial charge is 0.259 e. The van der Waals surface area contributed by atoms with Gasteiger partial charge in [0.2, 0.25) is 0 Å². The van der Waals surface area contributed by atoms with Gasteiger partial charge >= 0.3 is 0 Å². The van der Waals surface area contributed by atoms with Crippen molar-refractivity contribution < 1.29 is 13.8 Å². The van der Waals surface area contributed by atoms with Gasteiger partial charge in [-0.2, -0.15) is 0 Å². The van der Waals surface area contributed by atoms with Crippen molar-refractivity contribution in [1.82, 2.24) is 5.32 Å². The molecule has 1 saturated carbocycles. The van der Waals surface area contributed by atoms with E-state index in [1.807, 2.05) is 12.1 Å². The standard InChI is InChI=1S/C26H23ClN2O3S/c27-19-7-5-6-17(14-19)16-29-22-15-18(25(30)28-20-8-1-2-9-20)12-13-24(22)33(32)23-11-4-3-10-21(23)26(29)31/h3-7,10-15,20H,1-2,8-9,16H2,(H,28,30). The largest absolute Gasteiger partial charge is 0.349 e. The first-order valence-electron chi connectivity index (χ1n) is 11.0. The van der Waals surface area contributed by atoms with Crippen LogP contribution in [0.15, 0.2) is 76.5 Å². The molecule has 1 aliphatic heterocycles. The lowest BCUT2D eigenvalue weighted by Gasteiger charge is -2.24. The molecule has 3 aromatic carbocycles. The summed E-state index contributed by atoms with van der Waals surface area (Å²) in [5.41, 5.74) is 2.17. The van der Waals surface area contributed by atoms with Crippen molar-refractivity contribution in [2.24, 2.45) is 0 Å². The fourth-order valence-electron chi connectivity index (χ4n) is 4.52. The lowest BCUT2D eigenvalue weighted by Crippen LogP contribution is -2.33. The molecule has 0 aromatic heterocycles. The minimum absolute atomic E-state index is 0.174. The SMILES string of the molecule is O=C(NC1CCCC1)c1ccc2c(c1)N(Cc1cccc(Cl)c1)C(=O)c1ccccc1S2=O. The lowest BCUT2D eigenvalue weighted by atomic mass is 10.1. The number of benzene rings is 3. The van der Waals surface area contributed by atoms with E-state index in [-0.39, 0.29) is 24.4 Å². The number of hydrogen-bond acceptors (Lipinski definition) is 3. The summed E-state index contributed by atoms with van der Waals surface area (Å²) in [7, 11) is -1.56. The third-order valence-corrected chi connectivity index (χ3v) is 7.93. The Kier molecular flexibility index (Phi) is 6.04. The maximum Gasteiger partial charge on any atom is 0.259 e. The summed E-state index contributed by atoms with van der Waals surface area (Å²) in [6.07, 6.45) is 4.20. The Bertz CT molecular complexity index is 1270. The number of carbonyl (C=O) groups excluding carboxylic acids is 2. The van der Waals surface area contributed by atoms with Crippen molar-refractivity contribution >= 4 is 39.9 Å². The van der Waals surface area contributed by atoms with Gasteiger partial charge in [-0.05, 0) is 60.9 Å². The predicted octanol–water partition coefficient (Wildman–Crippen LogP) is 5.34. The van der Waals surface area contributed by atoms with E-state index in [1.54, 1.807) is 59.5 Å². The number of halogens is 1. The molecule has 0 bridgehead atoms. The summed E-state index contributed by atoms with van der Waals surface area (Å²) in [5.74, 6) is -0.432. The number of carbonyl (C=O) groups is 2. The molecule has 7 heteroatoms. The van der Waals surface area contributed by atoms with E-state index in [4.69, 9.17) is 11.6 Å². The molecule has 5 rings (SSSR count). The van der Waals surface area contributed by atoms with E-state index in [0.29, 0.717) is 31.6 Å². The molecule has 3 aromatic rings. The van der Waals surface area contributed by atoms with E-state index in [0.717, 1.165) is 31.2 Å². The summed E-state index contributed by atoms with van der Waals surface area (Å²) in [6, 6.07) is 19.5. The molecule has 1 fully saturated rings. The van der Waals surface area contributed by atoms with Crippen LogP contribution in [0.2, 0.25) is 5.02 Å². The van der Waals surface area contributed by atoms with Crippen LogP contribution in [-0.2, 0) is 17.3 Å². The molecule has 2 amide bonds. The van der Waals surface area contributed by atoms with Crippen molar-refractivity contribution in [3.8, 4) is 0 Å². The van der Waals surface area contributed by atoms with Crippen LogP contribution in [0.5, 0.6) is 0 Å². The number of fused-ring (bicyclic) bond motifs is 2. The molecule has 2 aliphatic rings. The van der Waals surface area contributed by atoms with Crippen LogP contribution in [0, 0.1) is 0 Å². The topological polar surface area (TPSA) is 66.5 Å². The molecule has 1 N–H and O–H groups in total. The van der Waals surface area contributed by atoms with Gasteiger partial charge in [-0.25, -0.2) is 4.21 Å². The fourth-order valence-corrected chi connectivity index (χ4v) is 6.08. The van der Waals surface area contributed by atoms with E-state index in [1.165, 1.54) is 0 Å². The quantitative estimate of drug-likeness (QED) is 0.550. The molecule has 0 radical (unpaired) electrons. The van der Waals surface area contributed by atoms with E-state index in [9.17, 15) is 13.8 Å². The van der Waals surface area contributed by atoms with Crippen LogP contribution in [0.1, 0.15) is 52.0 Å². The van der Waals surface area contributed by atoms with Gasteiger partial charge in [-0.15, -0.1) is 0 Å². The first kappa shape index (κ1) is 21.9. The third-order valence-electron chi connectivity index (χ3n) is 6.19. The zero-order valence-corrected chi connectivity index (χ0v) is 19.5. The van der Waals surface area contributed by atoms with Gasteiger partial charge in [0.25, 0.3) is 11.8 Å². The molecule has 0 saturated heterocycles. The number of rotatable bonds is 4. The molecule has 1 atom stereocenters. The first-order chi connectivity index (χ1) is 16.0. The minimum Gasteiger partial charge on any atom is -0.349 e. The second kappa shape index (κ2) is 9.12. The van der Waals surface area contributed by atoms with Gasteiger partial charge in [0.05, 0.1) is 38.4 Å². The lowest BCUT2D eigenvalue weighted by molar-refractivity contribution is 0.0935. The molecule has 1 unspecified atom stereocenters. The fraction of sp³-hybridized carbons (Fsp3) is 0.231. The Morgan fingerprint density at radius 2 is 1.79 bits per heavy atom. The Morgan fingerprint density at radius 3 is 2.58 bits per heavy atom. The highest BCUT2D eigenvalue weighted by molar-refractivity contribution is 7.85. The predicted molar refractivity (Wildman–Crippen MR) is 129 cm³/mol. The Hall–Kier alpha value is -2.96. The highest BCUT2D eigenvalue weighted by Gasteiger charge is 2.32. The van der Waals surface area contributed by atoms with Crippen LogP contribution >= 0.6 is 11.6 Å². The summed E-state index contributed by atoms with van der Waals surface area (Å²) in [6.45, 7) is 0.242. The first-order valence-corrected chi connectivity index (χ1v) is 12.6. The van der Waals surface area contributed by atoms with E-state index in [2.05, 4.69) is 5.32 Å². The summed E-state index contributed by atoms with van der Waals surface area (Å²) >= 11 is 6.18. The van der Waals surface area contributed by atoms with Crippen LogP contribution in [0.4, 0.5) is 5.69 Å². The van der Waals surface area contributed by atoms with Crippen molar-refractivity contribution in [3.05, 3.63) is 88.4 Å². The number of nitrogens with one attached hydrogen (secondary N) is 1. The van der Waals surface area contributed by atoms with Crippen molar-refractivity contribution in [3.63, 3.8) is 0 Å². The molecule has 33 heavy (non-hydrogen) atoms. The number of anilines is 1. The summed E-state index contributed by atoms with van der Waals surface area (Å²) in [4.78, 5) is 29.2. The van der Waals surface area contributed by atoms with Gasteiger partial charge in [0, 0.05) is 16.6 Å². The molecule has 1 heterocycles. The second-order valence-electron chi connectivity index (χ2n) is 8.42. The normalized spacial score (nSPS) is 17.9. The molecule has 168 valence electrons. The van der Waals surface area contributed by atoms with Crippen molar-refractivity contribution in [2.75, 3.05) is 4.90 Å². The zero-order valence-electron chi connectivity index (χ0n) is 17.9. The van der Waals surface area contributed by atoms with Crippen LogP contribution in [0.25, 0.3) is 0 Å². The summed E-state index contributed by atoms with van der Waals surface area (Å²) in [5, 5.41) is 3.67. The maximum atomic E-state index is 13.7. The third kappa shape index (κ3) is 4.33. The van der Waals surface area contributed by atoms with Crippen molar-refractivity contribution in [2.45, 2.75) is 48.1 Å². The van der Waals surface area contributed by atoms with Gasteiger partial charge < -0.3 is 10.2 Å². The highest BCUT2D eigenvalue weighted by Crippen LogP contribution is 2.36. The molecule has 1 aliphatic carbocycles. The monoisotopic (exact) mass is 478 g/mol. The van der Waals surface area contributed by atoms with Gasteiger partial charge in [-0.1, -0.05) is 48.7 Å². The van der Waals surface area contributed by atoms with Gasteiger partial charge in [0.1, 0.15) is 0 Å². The van der Waals surface area contributed by atoms with Gasteiger partial charge in [-0.3, -0.25) is 9.59 Å². The zero-order chi connectivity index (χ0) is 22.9. The number of nitrogens with zero attached hydrogens (tertiary/aromatic N) is 1. The Morgan fingerprint density at radius 1 is 1.00 bits per heavy atom. The average molecular weight is 479 g/mol. The Balaban J connectivity index is 1.59. The maximum absolute atomic E-state index is 13.7. The minimum atomic E-state index is -1.56. The highest BCUT2D eigenvalue weighted by atomic mass is 35.5. The van der Waals surface area contributed by atoms with E-state index < -0.39 is 10.8 Å². The summed E-state index contributed by atoms with van der Waals surface area (Å²) < 4.78 is 13.5. The van der Waals surface area contributed by atoms with Crippen molar-refractivity contribution in [1.29, 1.82) is 0 Å². The number of hydrogen-bond donors (Lipinski definition) is 1. The van der Waals surface area contributed by atoms with Crippen LogP contribution < -0.4 is 10.2 Å². The number of amides is 2. The molecular weight excluding hydrogens is 456 g/mol. The average Bonchev–Trinajstić information content (AvgIpc) is 3.32. The molecular formula is C26H23ClN2O3S. The Labute approximate surface area is 200 Å². The van der Waals surface area contributed by atoms with Gasteiger partial charge in [0.15, 0.2) is 0 Å². The second-order valence-corrected chi connectivity index (χ2v) is 10.3. The van der Waals surface area contributed by atoms with E-state index >= 15 is 0 Å². The van der Waals surface area contributed by atoms with Crippen LogP contribution in [-0.4, -0.2) is 22.1 Å². The molecule has 5 nitrogen and oxygen atoms in total.